The lowest BCUT2D eigenvalue weighted by Crippen LogP contribution is -2.38. The first-order chi connectivity index (χ1) is 13.3. The Morgan fingerprint density at radius 1 is 0.857 bits per heavy atom. The van der Waals surface area contributed by atoms with Gasteiger partial charge in [-0.2, -0.15) is 0 Å². The Labute approximate surface area is 169 Å². The summed E-state index contributed by atoms with van der Waals surface area (Å²) in [6, 6.07) is 19.3. The molecule has 4 nitrogen and oxygen atoms in total. The first-order valence-corrected chi connectivity index (χ1v) is 9.78. The molecule has 2 aromatic carbocycles. The SMILES string of the molecule is CC(=O)C(C)C.CC(C)C(=O)N(Cc1ccccc1)[C@H](CO)c1ccccc1. The highest BCUT2D eigenvalue weighted by atomic mass is 16.3. The Balaban J connectivity index is 0.000000568. The van der Waals surface area contributed by atoms with Crippen LogP contribution in [0.15, 0.2) is 60.7 Å². The largest absolute Gasteiger partial charge is 0.394 e. The predicted molar refractivity (Wildman–Crippen MR) is 114 cm³/mol. The van der Waals surface area contributed by atoms with Crippen LogP contribution in [0.3, 0.4) is 0 Å². The summed E-state index contributed by atoms with van der Waals surface area (Å²) in [6.45, 7) is 9.57. The van der Waals surface area contributed by atoms with E-state index in [2.05, 4.69) is 0 Å². The molecule has 28 heavy (non-hydrogen) atoms. The van der Waals surface area contributed by atoms with Crippen molar-refractivity contribution < 1.29 is 14.7 Å². The second-order valence-corrected chi connectivity index (χ2v) is 7.48. The number of carbonyl (C=O) groups is 2. The summed E-state index contributed by atoms with van der Waals surface area (Å²) in [5.41, 5.74) is 2.01. The predicted octanol–water partition coefficient (Wildman–Crippen LogP) is 4.64. The highest BCUT2D eigenvalue weighted by molar-refractivity contribution is 5.78. The van der Waals surface area contributed by atoms with E-state index in [4.69, 9.17) is 0 Å². The molecular formula is C24H33NO3. The Morgan fingerprint density at radius 2 is 1.32 bits per heavy atom. The first kappa shape index (κ1) is 23.6. The number of carbonyl (C=O) groups excluding carboxylic acids is 2. The fourth-order valence-corrected chi connectivity index (χ4v) is 2.51. The molecule has 152 valence electrons. The van der Waals surface area contributed by atoms with E-state index in [1.807, 2.05) is 88.4 Å². The number of hydrogen-bond acceptors (Lipinski definition) is 3. The van der Waals surface area contributed by atoms with E-state index in [1.165, 1.54) is 0 Å². The van der Waals surface area contributed by atoms with Gasteiger partial charge >= 0.3 is 0 Å². The van der Waals surface area contributed by atoms with Gasteiger partial charge in [-0.1, -0.05) is 88.4 Å². The molecule has 0 aromatic heterocycles. The number of Topliss-reactive ketones (excluding diaryl/α,β-unsaturated/α-hetero) is 1. The van der Waals surface area contributed by atoms with Crippen LogP contribution in [-0.4, -0.2) is 28.3 Å². The highest BCUT2D eigenvalue weighted by Gasteiger charge is 2.26. The minimum atomic E-state index is -0.323. The van der Waals surface area contributed by atoms with Crippen LogP contribution >= 0.6 is 0 Å². The van der Waals surface area contributed by atoms with Crippen LogP contribution in [0.1, 0.15) is 51.8 Å². The minimum absolute atomic E-state index is 0.0479. The number of amides is 1. The Morgan fingerprint density at radius 3 is 1.71 bits per heavy atom. The Kier molecular flexibility index (Phi) is 10.2. The molecule has 4 heteroatoms. The van der Waals surface area contributed by atoms with Crippen molar-refractivity contribution in [3.8, 4) is 0 Å². The van der Waals surface area contributed by atoms with E-state index < -0.39 is 0 Å². The highest BCUT2D eigenvalue weighted by Crippen LogP contribution is 2.24. The summed E-state index contributed by atoms with van der Waals surface area (Å²) in [6.07, 6.45) is 0. The molecule has 0 saturated carbocycles. The van der Waals surface area contributed by atoms with Gasteiger partial charge in [-0.25, -0.2) is 0 Å². The third-order valence-electron chi connectivity index (χ3n) is 4.52. The number of aliphatic hydroxyl groups is 1. The lowest BCUT2D eigenvalue weighted by molar-refractivity contribution is -0.138. The topological polar surface area (TPSA) is 57.6 Å². The van der Waals surface area contributed by atoms with Gasteiger partial charge in [0.05, 0.1) is 12.6 Å². The molecular weight excluding hydrogens is 350 g/mol. The van der Waals surface area contributed by atoms with E-state index in [1.54, 1.807) is 11.8 Å². The summed E-state index contributed by atoms with van der Waals surface area (Å²) >= 11 is 0. The van der Waals surface area contributed by atoms with Crippen molar-refractivity contribution in [1.29, 1.82) is 0 Å². The molecule has 1 atom stereocenters. The van der Waals surface area contributed by atoms with Crippen LogP contribution in [0, 0.1) is 11.8 Å². The normalized spacial score (nSPS) is 11.6. The molecule has 0 aliphatic heterocycles. The van der Waals surface area contributed by atoms with Gasteiger partial charge in [-0.05, 0) is 18.1 Å². The van der Waals surface area contributed by atoms with Gasteiger partial charge in [0.2, 0.25) is 5.91 Å². The van der Waals surface area contributed by atoms with Crippen LogP contribution in [0.5, 0.6) is 0 Å². The molecule has 0 fully saturated rings. The molecule has 1 amide bonds. The molecule has 2 rings (SSSR count). The maximum Gasteiger partial charge on any atom is 0.226 e. The van der Waals surface area contributed by atoms with E-state index in [-0.39, 0.29) is 36.2 Å². The van der Waals surface area contributed by atoms with Crippen molar-refractivity contribution in [3.63, 3.8) is 0 Å². The van der Waals surface area contributed by atoms with Crippen LogP contribution < -0.4 is 0 Å². The Bertz CT molecular complexity index is 711. The van der Waals surface area contributed by atoms with Crippen molar-refractivity contribution in [2.75, 3.05) is 6.61 Å². The molecule has 2 aromatic rings. The summed E-state index contributed by atoms with van der Waals surface area (Å²) in [4.78, 5) is 24.6. The average molecular weight is 384 g/mol. The summed E-state index contributed by atoms with van der Waals surface area (Å²) in [5.74, 6) is 0.410. The summed E-state index contributed by atoms with van der Waals surface area (Å²) in [5, 5.41) is 9.86. The number of nitrogens with zero attached hydrogens (tertiary/aromatic N) is 1. The zero-order valence-electron chi connectivity index (χ0n) is 17.6. The molecule has 0 bridgehead atoms. The van der Waals surface area contributed by atoms with E-state index in [0.717, 1.165) is 11.1 Å². The van der Waals surface area contributed by atoms with Gasteiger partial charge in [0.25, 0.3) is 0 Å². The molecule has 0 unspecified atom stereocenters. The maximum absolute atomic E-state index is 12.6. The number of benzene rings is 2. The zero-order chi connectivity index (χ0) is 21.1. The molecule has 0 spiro atoms. The van der Waals surface area contributed by atoms with Gasteiger partial charge in [-0.15, -0.1) is 0 Å². The minimum Gasteiger partial charge on any atom is -0.394 e. The quantitative estimate of drug-likeness (QED) is 0.758. The van der Waals surface area contributed by atoms with Gasteiger partial charge in [-0.3, -0.25) is 9.59 Å². The molecule has 0 aliphatic carbocycles. The van der Waals surface area contributed by atoms with Gasteiger partial charge in [0.15, 0.2) is 0 Å². The maximum atomic E-state index is 12.6. The van der Waals surface area contributed by atoms with E-state index in [9.17, 15) is 14.7 Å². The number of hydrogen-bond donors (Lipinski definition) is 1. The smallest absolute Gasteiger partial charge is 0.226 e. The second kappa shape index (κ2) is 12.1. The second-order valence-electron chi connectivity index (χ2n) is 7.48. The van der Waals surface area contributed by atoms with Gasteiger partial charge in [0.1, 0.15) is 5.78 Å². The summed E-state index contributed by atoms with van der Waals surface area (Å²) in [7, 11) is 0. The van der Waals surface area contributed by atoms with Crippen molar-refractivity contribution in [1.82, 2.24) is 4.90 Å². The molecule has 0 aliphatic rings. The number of ketones is 1. The summed E-state index contributed by atoms with van der Waals surface area (Å²) < 4.78 is 0. The van der Waals surface area contributed by atoms with Crippen molar-refractivity contribution in [3.05, 3.63) is 71.8 Å². The lowest BCUT2D eigenvalue weighted by Gasteiger charge is -2.32. The van der Waals surface area contributed by atoms with Crippen molar-refractivity contribution >= 4 is 11.7 Å². The Hall–Kier alpha value is -2.46. The van der Waals surface area contributed by atoms with Crippen molar-refractivity contribution in [2.24, 2.45) is 11.8 Å². The van der Waals surface area contributed by atoms with Gasteiger partial charge < -0.3 is 10.0 Å². The van der Waals surface area contributed by atoms with E-state index >= 15 is 0 Å². The average Bonchev–Trinajstić information content (AvgIpc) is 2.69. The fraction of sp³-hybridized carbons (Fsp3) is 0.417. The van der Waals surface area contributed by atoms with E-state index in [0.29, 0.717) is 6.54 Å². The van der Waals surface area contributed by atoms with Crippen LogP contribution in [-0.2, 0) is 16.1 Å². The molecule has 0 radical (unpaired) electrons. The molecule has 0 heterocycles. The van der Waals surface area contributed by atoms with Gasteiger partial charge in [0, 0.05) is 18.4 Å². The fourth-order valence-electron chi connectivity index (χ4n) is 2.51. The van der Waals surface area contributed by atoms with Crippen LogP contribution in [0.25, 0.3) is 0 Å². The van der Waals surface area contributed by atoms with Crippen LogP contribution in [0.4, 0.5) is 0 Å². The third-order valence-corrected chi connectivity index (χ3v) is 4.52. The molecule has 1 N–H and O–H groups in total. The standard InChI is InChI=1S/C19H23NO2.C5H10O/c1-15(2)19(22)20(13-16-9-5-3-6-10-16)18(14-21)17-11-7-4-8-12-17;1-4(2)5(3)6/h3-12,15,18,21H,13-14H2,1-2H3;4H,1-3H3/t18-;/m1./s1. The molecule has 0 saturated heterocycles. The zero-order valence-corrected chi connectivity index (χ0v) is 17.6. The van der Waals surface area contributed by atoms with Crippen LogP contribution in [0.2, 0.25) is 0 Å². The lowest BCUT2D eigenvalue weighted by atomic mass is 10.0. The number of aliphatic hydroxyl groups excluding tert-OH is 1. The van der Waals surface area contributed by atoms with Crippen molar-refractivity contribution in [2.45, 2.75) is 47.2 Å². The third kappa shape index (κ3) is 7.65. The number of rotatable bonds is 7. The monoisotopic (exact) mass is 383 g/mol. The first-order valence-electron chi connectivity index (χ1n) is 9.78.